The molecule has 0 aliphatic carbocycles. The molecule has 1 fully saturated rings. The Labute approximate surface area is 107 Å². The summed E-state index contributed by atoms with van der Waals surface area (Å²) in [6.45, 7) is 4.22. The molecular formula is C12H20N4O2. The van der Waals surface area contributed by atoms with E-state index in [4.69, 9.17) is 4.74 Å². The third-order valence-electron chi connectivity index (χ3n) is 2.97. The van der Waals surface area contributed by atoms with E-state index in [1.807, 2.05) is 24.3 Å². The van der Waals surface area contributed by atoms with Gasteiger partial charge in [0.05, 0.1) is 19.4 Å². The summed E-state index contributed by atoms with van der Waals surface area (Å²) < 4.78 is 6.99. The Morgan fingerprint density at radius 1 is 1.50 bits per heavy atom. The van der Waals surface area contributed by atoms with Crippen LogP contribution in [0.3, 0.4) is 0 Å². The standard InChI is InChI=1S/C12H20N4O2/c1-15-10-11(9-14-15)8-13-3-2-12(17)16-4-6-18-7-5-16/h9-10,13H,2-8H2,1H3. The summed E-state index contributed by atoms with van der Waals surface area (Å²) in [4.78, 5) is 13.7. The Morgan fingerprint density at radius 3 is 2.94 bits per heavy atom. The second-order valence-electron chi connectivity index (χ2n) is 4.44. The average Bonchev–Trinajstić information content (AvgIpc) is 2.81. The van der Waals surface area contributed by atoms with E-state index in [0.29, 0.717) is 26.2 Å². The largest absolute Gasteiger partial charge is 0.378 e. The summed E-state index contributed by atoms with van der Waals surface area (Å²) in [5.41, 5.74) is 1.14. The number of morpholine rings is 1. The minimum absolute atomic E-state index is 0.206. The Hall–Kier alpha value is -1.40. The van der Waals surface area contributed by atoms with Gasteiger partial charge in [0.2, 0.25) is 5.91 Å². The Bertz CT molecular complexity index is 385. The fourth-order valence-electron chi connectivity index (χ4n) is 1.96. The number of hydrogen-bond donors (Lipinski definition) is 1. The zero-order valence-corrected chi connectivity index (χ0v) is 10.8. The van der Waals surface area contributed by atoms with Crippen molar-refractivity contribution in [3.8, 4) is 0 Å². The second kappa shape index (κ2) is 6.51. The number of carbonyl (C=O) groups excluding carboxylic acids is 1. The van der Waals surface area contributed by atoms with Crippen molar-refractivity contribution < 1.29 is 9.53 Å². The van der Waals surface area contributed by atoms with Gasteiger partial charge in [-0.05, 0) is 0 Å². The van der Waals surface area contributed by atoms with Crippen LogP contribution in [0.1, 0.15) is 12.0 Å². The first-order valence-corrected chi connectivity index (χ1v) is 6.29. The number of carbonyl (C=O) groups is 1. The third-order valence-corrected chi connectivity index (χ3v) is 2.97. The minimum atomic E-state index is 0.206. The van der Waals surface area contributed by atoms with Crippen molar-refractivity contribution in [3.63, 3.8) is 0 Å². The molecule has 0 spiro atoms. The van der Waals surface area contributed by atoms with Crippen LogP contribution in [0.2, 0.25) is 0 Å². The van der Waals surface area contributed by atoms with Crippen LogP contribution in [-0.2, 0) is 23.1 Å². The molecule has 1 aromatic rings. The third kappa shape index (κ3) is 3.82. The van der Waals surface area contributed by atoms with Gasteiger partial charge in [0.1, 0.15) is 0 Å². The van der Waals surface area contributed by atoms with Gasteiger partial charge in [0, 0.05) is 51.4 Å². The summed E-state index contributed by atoms with van der Waals surface area (Å²) in [5, 5.41) is 7.34. The normalized spacial score (nSPS) is 15.9. The summed E-state index contributed by atoms with van der Waals surface area (Å²) in [5.74, 6) is 0.206. The van der Waals surface area contributed by atoms with Crippen molar-refractivity contribution in [3.05, 3.63) is 18.0 Å². The lowest BCUT2D eigenvalue weighted by molar-refractivity contribution is -0.135. The molecule has 1 amide bonds. The van der Waals surface area contributed by atoms with Crippen LogP contribution in [-0.4, -0.2) is 53.4 Å². The number of aromatic nitrogens is 2. The van der Waals surface area contributed by atoms with Gasteiger partial charge < -0.3 is 15.0 Å². The average molecular weight is 252 g/mol. The van der Waals surface area contributed by atoms with E-state index in [2.05, 4.69) is 10.4 Å². The van der Waals surface area contributed by atoms with Crippen molar-refractivity contribution in [2.45, 2.75) is 13.0 Å². The van der Waals surface area contributed by atoms with Gasteiger partial charge in [-0.2, -0.15) is 5.10 Å². The predicted octanol–water partition coefficient (Wildman–Crippen LogP) is -0.241. The molecule has 1 saturated heterocycles. The highest BCUT2D eigenvalue weighted by atomic mass is 16.5. The molecule has 0 unspecified atom stereocenters. The number of hydrogen-bond acceptors (Lipinski definition) is 4. The summed E-state index contributed by atoms with van der Waals surface area (Å²) in [6, 6.07) is 0. The molecular weight excluding hydrogens is 232 g/mol. The Kier molecular flexibility index (Phi) is 4.72. The monoisotopic (exact) mass is 252 g/mol. The van der Waals surface area contributed by atoms with Gasteiger partial charge in [0.15, 0.2) is 0 Å². The smallest absolute Gasteiger partial charge is 0.224 e. The number of nitrogens with one attached hydrogen (secondary N) is 1. The molecule has 2 rings (SSSR count). The molecule has 1 aliphatic heterocycles. The SMILES string of the molecule is Cn1cc(CNCCC(=O)N2CCOCC2)cn1. The zero-order valence-electron chi connectivity index (χ0n) is 10.8. The highest BCUT2D eigenvalue weighted by Crippen LogP contribution is 2.00. The van der Waals surface area contributed by atoms with E-state index in [0.717, 1.165) is 25.2 Å². The maximum absolute atomic E-state index is 11.8. The molecule has 0 radical (unpaired) electrons. The molecule has 0 atom stereocenters. The van der Waals surface area contributed by atoms with Crippen molar-refractivity contribution in [2.75, 3.05) is 32.8 Å². The van der Waals surface area contributed by atoms with E-state index in [1.165, 1.54) is 0 Å². The van der Waals surface area contributed by atoms with E-state index in [1.54, 1.807) is 4.68 Å². The van der Waals surface area contributed by atoms with Gasteiger partial charge in [0.25, 0.3) is 0 Å². The van der Waals surface area contributed by atoms with E-state index in [-0.39, 0.29) is 5.91 Å². The van der Waals surface area contributed by atoms with Gasteiger partial charge in [-0.1, -0.05) is 0 Å². The molecule has 0 bridgehead atoms. The maximum Gasteiger partial charge on any atom is 0.224 e. The topological polar surface area (TPSA) is 59.4 Å². The second-order valence-corrected chi connectivity index (χ2v) is 4.44. The van der Waals surface area contributed by atoms with Gasteiger partial charge in [-0.25, -0.2) is 0 Å². The van der Waals surface area contributed by atoms with Gasteiger partial charge >= 0.3 is 0 Å². The number of rotatable bonds is 5. The molecule has 1 aromatic heterocycles. The number of amides is 1. The van der Waals surface area contributed by atoms with Crippen LogP contribution in [0.25, 0.3) is 0 Å². The number of nitrogens with zero attached hydrogens (tertiary/aromatic N) is 3. The highest BCUT2D eigenvalue weighted by molar-refractivity contribution is 5.76. The minimum Gasteiger partial charge on any atom is -0.378 e. The van der Waals surface area contributed by atoms with Crippen LogP contribution in [0, 0.1) is 0 Å². The zero-order chi connectivity index (χ0) is 12.8. The maximum atomic E-state index is 11.8. The Morgan fingerprint density at radius 2 is 2.28 bits per heavy atom. The van der Waals surface area contributed by atoms with E-state index in [9.17, 15) is 4.79 Å². The van der Waals surface area contributed by atoms with Crippen molar-refractivity contribution >= 4 is 5.91 Å². The molecule has 1 N–H and O–H groups in total. The van der Waals surface area contributed by atoms with E-state index >= 15 is 0 Å². The van der Waals surface area contributed by atoms with Crippen LogP contribution in [0.5, 0.6) is 0 Å². The van der Waals surface area contributed by atoms with E-state index < -0.39 is 0 Å². The van der Waals surface area contributed by atoms with Crippen LogP contribution >= 0.6 is 0 Å². The summed E-state index contributed by atoms with van der Waals surface area (Å²) in [6.07, 6.45) is 4.34. The molecule has 1 aliphatic rings. The lowest BCUT2D eigenvalue weighted by atomic mass is 10.3. The summed E-state index contributed by atoms with van der Waals surface area (Å²) in [7, 11) is 1.89. The molecule has 6 nitrogen and oxygen atoms in total. The molecule has 18 heavy (non-hydrogen) atoms. The van der Waals surface area contributed by atoms with Crippen LogP contribution in [0.15, 0.2) is 12.4 Å². The van der Waals surface area contributed by atoms with Crippen molar-refractivity contribution in [1.82, 2.24) is 20.0 Å². The first kappa shape index (κ1) is 13.0. The van der Waals surface area contributed by atoms with Gasteiger partial charge in [-0.3, -0.25) is 9.48 Å². The summed E-state index contributed by atoms with van der Waals surface area (Å²) >= 11 is 0. The van der Waals surface area contributed by atoms with Crippen LogP contribution in [0.4, 0.5) is 0 Å². The van der Waals surface area contributed by atoms with Crippen molar-refractivity contribution in [1.29, 1.82) is 0 Å². The fourth-order valence-corrected chi connectivity index (χ4v) is 1.96. The fraction of sp³-hybridized carbons (Fsp3) is 0.667. The first-order chi connectivity index (χ1) is 8.75. The first-order valence-electron chi connectivity index (χ1n) is 6.29. The molecule has 0 aromatic carbocycles. The predicted molar refractivity (Wildman–Crippen MR) is 66.9 cm³/mol. The lowest BCUT2D eigenvalue weighted by Crippen LogP contribution is -2.41. The lowest BCUT2D eigenvalue weighted by Gasteiger charge is -2.26. The quantitative estimate of drug-likeness (QED) is 0.735. The van der Waals surface area contributed by atoms with Gasteiger partial charge in [-0.15, -0.1) is 0 Å². The molecule has 2 heterocycles. The number of aryl methyl sites for hydroxylation is 1. The number of ether oxygens (including phenoxy) is 1. The highest BCUT2D eigenvalue weighted by Gasteiger charge is 2.15. The van der Waals surface area contributed by atoms with Crippen LogP contribution < -0.4 is 5.32 Å². The Balaban J connectivity index is 1.61. The van der Waals surface area contributed by atoms with Crippen molar-refractivity contribution in [2.24, 2.45) is 7.05 Å². The molecule has 0 saturated carbocycles. The molecule has 6 heteroatoms. The molecule has 100 valence electrons.